The molecule has 0 fully saturated rings. The molecule has 4 aliphatic heterocycles. The van der Waals surface area contributed by atoms with Crippen LogP contribution in [0.5, 0.6) is 11.5 Å². The normalized spacial score (nSPS) is 16.8. The summed E-state index contributed by atoms with van der Waals surface area (Å²) in [6.07, 6.45) is 0. The number of fused-ring (bicyclic) bond motifs is 7. The van der Waals surface area contributed by atoms with Gasteiger partial charge < -0.3 is 14.2 Å². The van der Waals surface area contributed by atoms with Crippen molar-refractivity contribution in [1.82, 2.24) is 4.57 Å². The Morgan fingerprint density at radius 3 is 1.92 bits per heavy atom. The van der Waals surface area contributed by atoms with E-state index in [4.69, 9.17) is 18.4 Å². The summed E-state index contributed by atoms with van der Waals surface area (Å²) < 4.78 is 96.1. The molecule has 220 valence electrons. The number of hydrogen-bond acceptors (Lipinski definition) is 3. The van der Waals surface area contributed by atoms with Gasteiger partial charge in [-0.3, -0.25) is 0 Å². The van der Waals surface area contributed by atoms with Gasteiger partial charge in [-0.05, 0) is 81.8 Å². The van der Waals surface area contributed by atoms with Crippen LogP contribution in [0.2, 0.25) is 0 Å². The molecule has 6 heteroatoms. The third-order valence-electron chi connectivity index (χ3n) is 10.3. The highest BCUT2D eigenvalue weighted by atomic mass is 32.2. The number of rotatable bonds is 3. The van der Waals surface area contributed by atoms with Gasteiger partial charge in [-0.15, -0.1) is 0 Å². The number of ether oxygens (including phenoxy) is 1. The van der Waals surface area contributed by atoms with E-state index in [1.54, 1.807) is 17.8 Å². The molecule has 0 atom stereocenters. The van der Waals surface area contributed by atoms with Crippen LogP contribution in [-0.4, -0.2) is 18.0 Å². The van der Waals surface area contributed by atoms with Gasteiger partial charge in [-0.1, -0.05) is 108 Å². The minimum Gasteiger partial charge on any atom is -0.458 e. The standard InChI is InChI=1S/C42H24B2N2OS/c1-3-11-25(12-4-1)45(26-13-5-2-6-14-26)27-21-22-36-33(23-27)44-32-19-10-16-29-28-15-9-18-31-40(28)46(41(29)32)42-38-35(24-37(48-36)39(42)44)47-34-20-8-7-17-30(34)43(31)38/h1-24H/i1D,2D,3D,4D,5D,6D,11D,12D,13D,14D. The minimum absolute atomic E-state index is 0.0793. The van der Waals surface area contributed by atoms with Gasteiger partial charge in [0.1, 0.15) is 11.5 Å². The summed E-state index contributed by atoms with van der Waals surface area (Å²) in [5.74, 6) is 1.63. The maximum Gasteiger partial charge on any atom is 0.256 e. The van der Waals surface area contributed by atoms with Crippen molar-refractivity contribution < 1.29 is 18.4 Å². The zero-order valence-corrected chi connectivity index (χ0v) is 25.8. The lowest BCUT2D eigenvalue weighted by Gasteiger charge is -2.40. The first kappa shape index (κ1) is 18.1. The summed E-state index contributed by atoms with van der Waals surface area (Å²) in [7, 11) is 0. The third-order valence-corrected chi connectivity index (χ3v) is 11.4. The second-order valence-corrected chi connectivity index (χ2v) is 13.6. The Bertz CT molecular complexity index is 3170. The molecule has 12 rings (SSSR count). The molecule has 1 aromatic heterocycles. The molecule has 0 bridgehead atoms. The average Bonchev–Trinajstić information content (AvgIpc) is 3.58. The Balaban J connectivity index is 1.18. The van der Waals surface area contributed by atoms with Crippen molar-refractivity contribution in [3.05, 3.63) is 145 Å². The summed E-state index contributed by atoms with van der Waals surface area (Å²) >= 11 is 1.60. The van der Waals surface area contributed by atoms with Crippen LogP contribution in [-0.2, 0) is 0 Å². The Labute approximate surface area is 296 Å². The summed E-state index contributed by atoms with van der Waals surface area (Å²) in [4.78, 5) is 3.20. The number of nitrogens with zero attached hydrogens (tertiary/aromatic N) is 2. The number of para-hydroxylation sites is 5. The Kier molecular flexibility index (Phi) is 3.42. The van der Waals surface area contributed by atoms with Crippen molar-refractivity contribution in [2.75, 3.05) is 4.90 Å². The van der Waals surface area contributed by atoms with E-state index in [0.717, 1.165) is 76.1 Å². The molecule has 0 spiro atoms. The van der Waals surface area contributed by atoms with Crippen LogP contribution in [0.25, 0.3) is 27.5 Å². The van der Waals surface area contributed by atoms with Crippen LogP contribution < -0.4 is 42.4 Å². The average molecular weight is 636 g/mol. The maximum absolute atomic E-state index is 9.02. The van der Waals surface area contributed by atoms with Gasteiger partial charge in [-0.2, -0.15) is 0 Å². The number of anilines is 3. The Morgan fingerprint density at radius 2 is 1.21 bits per heavy atom. The number of benzene rings is 7. The second kappa shape index (κ2) is 9.06. The highest BCUT2D eigenvalue weighted by Gasteiger charge is 2.48. The molecule has 0 radical (unpaired) electrons. The van der Waals surface area contributed by atoms with Gasteiger partial charge in [0, 0.05) is 54.3 Å². The molecule has 0 unspecified atom stereocenters. The van der Waals surface area contributed by atoms with Crippen LogP contribution in [0.4, 0.5) is 17.1 Å². The van der Waals surface area contributed by atoms with Gasteiger partial charge in [0.05, 0.1) is 13.7 Å². The van der Waals surface area contributed by atoms with E-state index >= 15 is 0 Å². The minimum atomic E-state index is -0.607. The van der Waals surface area contributed by atoms with Crippen molar-refractivity contribution in [1.29, 1.82) is 0 Å². The van der Waals surface area contributed by atoms with Gasteiger partial charge in [-0.25, -0.2) is 0 Å². The molecular formula is C42H24B2N2OS. The van der Waals surface area contributed by atoms with Crippen LogP contribution >= 0.6 is 11.8 Å². The fourth-order valence-corrected chi connectivity index (χ4v) is 9.72. The zero-order chi connectivity index (χ0) is 39.8. The van der Waals surface area contributed by atoms with E-state index in [1.165, 1.54) is 10.4 Å². The van der Waals surface area contributed by atoms with Crippen LogP contribution in [0.1, 0.15) is 13.7 Å². The lowest BCUT2D eigenvalue weighted by molar-refractivity contribution is 0.486. The van der Waals surface area contributed by atoms with Crippen LogP contribution in [0.15, 0.2) is 155 Å². The van der Waals surface area contributed by atoms with Gasteiger partial charge in [0.25, 0.3) is 6.71 Å². The molecule has 8 aromatic rings. The highest BCUT2D eigenvalue weighted by Crippen LogP contribution is 2.44. The van der Waals surface area contributed by atoms with Crippen molar-refractivity contribution >= 4 is 96.8 Å². The van der Waals surface area contributed by atoms with Gasteiger partial charge >= 0.3 is 0 Å². The molecule has 0 saturated carbocycles. The molecule has 0 saturated heterocycles. The first-order valence-corrected chi connectivity index (χ1v) is 16.6. The molecule has 3 nitrogen and oxygen atoms in total. The second-order valence-electron chi connectivity index (χ2n) is 12.5. The van der Waals surface area contributed by atoms with E-state index in [0.29, 0.717) is 0 Å². The van der Waals surface area contributed by atoms with Gasteiger partial charge in [0.15, 0.2) is 0 Å². The summed E-state index contributed by atoms with van der Waals surface area (Å²) in [6.45, 7) is -0.405. The molecule has 4 aliphatic rings. The van der Waals surface area contributed by atoms with Crippen molar-refractivity contribution in [3.8, 4) is 17.2 Å². The largest absolute Gasteiger partial charge is 0.458 e. The lowest BCUT2D eigenvalue weighted by Crippen LogP contribution is -2.65. The molecule has 0 amide bonds. The van der Waals surface area contributed by atoms with Crippen LogP contribution in [0.3, 0.4) is 0 Å². The monoisotopic (exact) mass is 636 g/mol. The molecule has 48 heavy (non-hydrogen) atoms. The van der Waals surface area contributed by atoms with Crippen molar-refractivity contribution in [2.45, 2.75) is 9.79 Å². The molecule has 7 aromatic carbocycles. The predicted octanol–water partition coefficient (Wildman–Crippen LogP) is 6.48. The Morgan fingerprint density at radius 1 is 0.562 bits per heavy atom. The third kappa shape index (κ3) is 3.10. The van der Waals surface area contributed by atoms with Crippen molar-refractivity contribution in [3.63, 3.8) is 0 Å². The summed E-state index contributed by atoms with van der Waals surface area (Å²) in [6, 6.07) is 22.9. The molecular weight excluding hydrogens is 602 g/mol. The first-order valence-electron chi connectivity index (χ1n) is 20.8. The smallest absolute Gasteiger partial charge is 0.256 e. The molecule has 5 heterocycles. The zero-order valence-electron chi connectivity index (χ0n) is 34.9. The lowest BCUT2D eigenvalue weighted by atomic mass is 9.31. The number of aromatic nitrogens is 1. The van der Waals surface area contributed by atoms with E-state index < -0.39 is 60.4 Å². The predicted molar refractivity (Wildman–Crippen MR) is 202 cm³/mol. The molecule has 0 aliphatic carbocycles. The molecule has 0 N–H and O–H groups in total. The summed E-state index contributed by atoms with van der Waals surface area (Å²) in [5, 5.41) is 2.26. The van der Waals surface area contributed by atoms with E-state index in [2.05, 4.69) is 53.1 Å². The van der Waals surface area contributed by atoms with Crippen molar-refractivity contribution in [2.24, 2.45) is 0 Å². The quantitative estimate of drug-likeness (QED) is 0.207. The highest BCUT2D eigenvalue weighted by molar-refractivity contribution is 8.00. The fourth-order valence-electron chi connectivity index (χ4n) is 8.56. The summed E-state index contributed by atoms with van der Waals surface area (Å²) in [5.41, 5.74) is 9.39. The van der Waals surface area contributed by atoms with E-state index in [9.17, 15) is 0 Å². The maximum atomic E-state index is 9.02. The SMILES string of the molecule is [2H]c1c([2H])c([2H])c(N(c2ccc3c(c2)B2c4c(cc5c6c4-n4c7c(cccc7c7cccc2c74)B6c2ccccc2O5)S3)c2c([2H])c([2H])c([2H])c([2H])c2[2H])c([2H])c1[2H]. The van der Waals surface area contributed by atoms with E-state index in [-0.39, 0.29) is 30.5 Å². The van der Waals surface area contributed by atoms with Gasteiger partial charge in [0.2, 0.25) is 6.71 Å². The first-order chi connectivity index (χ1) is 28.0. The topological polar surface area (TPSA) is 17.4 Å². The fraction of sp³-hybridized carbons (Fsp3) is 0. The number of hydrogen-bond donors (Lipinski definition) is 0. The Hall–Kier alpha value is -5.58. The van der Waals surface area contributed by atoms with E-state index in [1.807, 2.05) is 30.3 Å². The van der Waals surface area contributed by atoms with Crippen LogP contribution in [0, 0.1) is 0 Å².